The van der Waals surface area contributed by atoms with Gasteiger partial charge in [0, 0.05) is 25.0 Å². The van der Waals surface area contributed by atoms with E-state index in [1.807, 2.05) is 6.07 Å². The van der Waals surface area contributed by atoms with Gasteiger partial charge in [-0.25, -0.2) is 14.2 Å². The second kappa shape index (κ2) is 8.22. The fourth-order valence-corrected chi connectivity index (χ4v) is 3.02. The molecule has 0 aliphatic rings. The van der Waals surface area contributed by atoms with Crippen molar-refractivity contribution in [3.63, 3.8) is 0 Å². The minimum Gasteiger partial charge on any atom is -0.491 e. The maximum atomic E-state index is 12.6. The predicted molar refractivity (Wildman–Crippen MR) is 108 cm³/mol. The Morgan fingerprint density at radius 1 is 1.26 bits per heavy atom. The molecule has 3 heterocycles. The molecule has 158 valence electrons. The number of anilines is 1. The molecule has 0 radical (unpaired) electrons. The normalized spacial score (nSPS) is 10.9. The smallest absolute Gasteiger partial charge is 0.339 e. The van der Waals surface area contributed by atoms with Crippen LogP contribution in [0.4, 0.5) is 10.2 Å². The van der Waals surface area contributed by atoms with Gasteiger partial charge in [-0.05, 0) is 18.2 Å². The van der Waals surface area contributed by atoms with E-state index in [1.165, 1.54) is 11.7 Å². The molecule has 31 heavy (non-hydrogen) atoms. The number of nitrogens with zero attached hydrogens (tertiary/aromatic N) is 5. The van der Waals surface area contributed by atoms with E-state index in [4.69, 9.17) is 4.74 Å². The Bertz CT molecular complexity index is 1280. The molecule has 0 saturated heterocycles. The first kappa shape index (κ1) is 20.0. The van der Waals surface area contributed by atoms with E-state index in [-0.39, 0.29) is 23.7 Å². The molecule has 2 N–H and O–H groups in total. The Morgan fingerprint density at radius 3 is 2.87 bits per heavy atom. The molecular weight excluding hydrogens is 407 g/mol. The highest BCUT2D eigenvalue weighted by Crippen LogP contribution is 2.24. The van der Waals surface area contributed by atoms with E-state index in [0.29, 0.717) is 17.2 Å². The number of nitrogens with one attached hydrogen (secondary N) is 1. The van der Waals surface area contributed by atoms with Crippen LogP contribution in [0.1, 0.15) is 20.8 Å². The first-order chi connectivity index (χ1) is 15.0. The molecular formula is C20H17FN6O4. The highest BCUT2D eigenvalue weighted by Gasteiger charge is 2.22. The lowest BCUT2D eigenvalue weighted by atomic mass is 10.1. The van der Waals surface area contributed by atoms with Gasteiger partial charge >= 0.3 is 5.97 Å². The van der Waals surface area contributed by atoms with Crippen LogP contribution in [0.2, 0.25) is 0 Å². The number of fused-ring (bicyclic) bond motifs is 1. The van der Waals surface area contributed by atoms with Crippen molar-refractivity contribution in [1.82, 2.24) is 24.1 Å². The molecule has 3 aromatic heterocycles. The van der Waals surface area contributed by atoms with Crippen LogP contribution in [0.15, 0.2) is 48.9 Å². The molecule has 11 heteroatoms. The van der Waals surface area contributed by atoms with Crippen LogP contribution in [0.3, 0.4) is 0 Å². The van der Waals surface area contributed by atoms with Gasteiger partial charge in [-0.3, -0.25) is 13.9 Å². The van der Waals surface area contributed by atoms with E-state index < -0.39 is 18.6 Å². The van der Waals surface area contributed by atoms with Crippen LogP contribution in [0, 0.1) is 0 Å². The van der Waals surface area contributed by atoms with Gasteiger partial charge in [-0.2, -0.15) is 10.1 Å². The number of rotatable bonds is 7. The second-order valence-electron chi connectivity index (χ2n) is 6.50. The quantitative estimate of drug-likeness (QED) is 0.467. The summed E-state index contributed by atoms with van der Waals surface area (Å²) in [6.07, 6.45) is 4.53. The number of alkyl halides is 1. The molecule has 1 aromatic carbocycles. The summed E-state index contributed by atoms with van der Waals surface area (Å²) >= 11 is 0. The topological polar surface area (TPSA) is 124 Å². The zero-order valence-corrected chi connectivity index (χ0v) is 16.3. The van der Waals surface area contributed by atoms with Gasteiger partial charge in [0.1, 0.15) is 36.1 Å². The third kappa shape index (κ3) is 4.06. The molecule has 0 saturated carbocycles. The first-order valence-electron chi connectivity index (χ1n) is 9.18. The predicted octanol–water partition coefficient (Wildman–Crippen LogP) is 2.43. The fraction of sp³-hybridized carbons (Fsp3) is 0.150. The Hall–Kier alpha value is -4.28. The second-order valence-corrected chi connectivity index (χ2v) is 6.50. The summed E-state index contributed by atoms with van der Waals surface area (Å²) in [7, 11) is 1.48. The monoisotopic (exact) mass is 424 g/mol. The van der Waals surface area contributed by atoms with Gasteiger partial charge in [-0.1, -0.05) is 12.1 Å². The van der Waals surface area contributed by atoms with Crippen molar-refractivity contribution < 1.29 is 23.8 Å². The van der Waals surface area contributed by atoms with Crippen LogP contribution >= 0.6 is 0 Å². The van der Waals surface area contributed by atoms with Gasteiger partial charge in [0.15, 0.2) is 0 Å². The molecule has 10 nitrogen and oxygen atoms in total. The number of halogens is 1. The molecule has 0 aliphatic carbocycles. The zero-order chi connectivity index (χ0) is 22.0. The molecule has 0 bridgehead atoms. The fourth-order valence-electron chi connectivity index (χ4n) is 3.02. The zero-order valence-electron chi connectivity index (χ0n) is 16.3. The number of carbonyl (C=O) groups is 2. The Morgan fingerprint density at radius 2 is 2.10 bits per heavy atom. The molecule has 0 aliphatic heterocycles. The van der Waals surface area contributed by atoms with Crippen molar-refractivity contribution >= 4 is 23.5 Å². The van der Waals surface area contributed by atoms with E-state index in [9.17, 15) is 19.1 Å². The molecule has 0 spiro atoms. The van der Waals surface area contributed by atoms with Gasteiger partial charge in [-0.15, -0.1) is 0 Å². The number of aromatic nitrogens is 5. The lowest BCUT2D eigenvalue weighted by molar-refractivity contribution is 0.0692. The number of carboxylic acid groups (broad SMARTS) is 1. The van der Waals surface area contributed by atoms with Gasteiger partial charge in [0.25, 0.3) is 5.91 Å². The van der Waals surface area contributed by atoms with Crippen LogP contribution < -0.4 is 10.1 Å². The van der Waals surface area contributed by atoms with E-state index in [2.05, 4.69) is 20.4 Å². The minimum absolute atomic E-state index is 0.0283. The minimum atomic E-state index is -1.25. The maximum absolute atomic E-state index is 12.6. The van der Waals surface area contributed by atoms with Crippen LogP contribution in [-0.4, -0.2) is 54.4 Å². The number of imidazole rings is 1. The standard InChI is InChI=1S/C20H17FN6O4/c1-26-17(14(10-22-26)19(29)30)18(28)24-16-5-7-27-11-15(23-20(27)25-16)12-3-2-4-13(9-12)31-8-6-21/h2-5,7,9-11H,6,8H2,1H3,(H,29,30)(H,23,24,25,28). The van der Waals surface area contributed by atoms with Gasteiger partial charge in [0.05, 0.1) is 11.9 Å². The number of hydrogen-bond acceptors (Lipinski definition) is 6. The number of aromatic carboxylic acids is 1. The molecule has 1 amide bonds. The van der Waals surface area contributed by atoms with Gasteiger partial charge < -0.3 is 15.2 Å². The maximum Gasteiger partial charge on any atom is 0.339 e. The number of benzene rings is 1. The summed E-state index contributed by atoms with van der Waals surface area (Å²) in [6.45, 7) is -0.608. The van der Waals surface area contributed by atoms with Crippen LogP contribution in [0.5, 0.6) is 5.75 Å². The average molecular weight is 424 g/mol. The third-order valence-electron chi connectivity index (χ3n) is 4.43. The SMILES string of the molecule is Cn1ncc(C(=O)O)c1C(=O)Nc1ccn2cc(-c3cccc(OCCF)c3)nc2n1. The molecule has 4 rings (SSSR count). The average Bonchev–Trinajstić information content (AvgIpc) is 3.35. The number of amides is 1. The largest absolute Gasteiger partial charge is 0.491 e. The van der Waals surface area contributed by atoms with Crippen LogP contribution in [-0.2, 0) is 7.05 Å². The summed E-state index contributed by atoms with van der Waals surface area (Å²) in [5.74, 6) is -0.854. The molecule has 0 fully saturated rings. The van der Waals surface area contributed by atoms with Crippen LogP contribution in [0.25, 0.3) is 17.0 Å². The summed E-state index contributed by atoms with van der Waals surface area (Å²) in [5.41, 5.74) is 1.07. The Balaban J connectivity index is 1.59. The molecule has 4 aromatic rings. The van der Waals surface area contributed by atoms with E-state index >= 15 is 0 Å². The number of hydrogen-bond donors (Lipinski definition) is 2. The first-order valence-corrected chi connectivity index (χ1v) is 9.18. The lowest BCUT2D eigenvalue weighted by Crippen LogP contribution is -2.20. The van der Waals surface area contributed by atoms with Crippen molar-refractivity contribution in [2.75, 3.05) is 18.6 Å². The van der Waals surface area contributed by atoms with Crippen molar-refractivity contribution in [3.05, 3.63) is 60.2 Å². The van der Waals surface area contributed by atoms with Gasteiger partial charge in [0.2, 0.25) is 5.78 Å². The highest BCUT2D eigenvalue weighted by atomic mass is 19.1. The summed E-state index contributed by atoms with van der Waals surface area (Å²) in [6, 6.07) is 8.65. The van der Waals surface area contributed by atoms with Crippen molar-refractivity contribution in [2.45, 2.75) is 0 Å². The number of aryl methyl sites for hydroxylation is 1. The van der Waals surface area contributed by atoms with Crippen molar-refractivity contribution in [2.24, 2.45) is 7.05 Å². The Kier molecular flexibility index (Phi) is 5.31. The van der Waals surface area contributed by atoms with E-state index in [1.54, 1.807) is 41.1 Å². The van der Waals surface area contributed by atoms with Crippen molar-refractivity contribution in [3.8, 4) is 17.0 Å². The number of carboxylic acids is 1. The summed E-state index contributed by atoms with van der Waals surface area (Å²) < 4.78 is 20.5. The highest BCUT2D eigenvalue weighted by molar-refractivity contribution is 6.09. The summed E-state index contributed by atoms with van der Waals surface area (Å²) in [5, 5.41) is 15.6. The Labute approximate surface area is 174 Å². The third-order valence-corrected chi connectivity index (χ3v) is 4.43. The number of carbonyl (C=O) groups excluding carboxylic acids is 1. The number of ether oxygens (including phenoxy) is 1. The van der Waals surface area contributed by atoms with E-state index in [0.717, 1.165) is 11.8 Å². The molecule has 0 unspecified atom stereocenters. The molecule has 0 atom stereocenters. The lowest BCUT2D eigenvalue weighted by Gasteiger charge is -2.06. The summed E-state index contributed by atoms with van der Waals surface area (Å²) in [4.78, 5) is 32.6. The van der Waals surface area contributed by atoms with Crippen molar-refractivity contribution in [1.29, 1.82) is 0 Å².